The fourth-order valence-electron chi connectivity index (χ4n) is 3.68. The molecule has 0 bridgehead atoms. The molecular formula is C25H31FN4O4. The molecule has 0 unspecified atom stereocenters. The summed E-state index contributed by atoms with van der Waals surface area (Å²) in [6, 6.07) is 12.7. The fourth-order valence-corrected chi connectivity index (χ4v) is 3.68. The number of nitrogens with zero attached hydrogens (tertiary/aromatic N) is 3. The zero-order valence-corrected chi connectivity index (χ0v) is 19.8. The molecule has 2 aromatic carbocycles. The predicted molar refractivity (Wildman–Crippen MR) is 127 cm³/mol. The van der Waals surface area contributed by atoms with Gasteiger partial charge in [0.1, 0.15) is 18.1 Å². The van der Waals surface area contributed by atoms with Crippen molar-refractivity contribution < 1.29 is 23.5 Å². The number of carbonyl (C=O) groups is 2. The van der Waals surface area contributed by atoms with Crippen LogP contribution >= 0.6 is 0 Å². The average Bonchev–Trinajstić information content (AvgIpc) is 3.31. The number of carbonyl (C=O) groups excluding carboxylic acids is 2. The molecule has 182 valence electrons. The van der Waals surface area contributed by atoms with E-state index in [2.05, 4.69) is 10.4 Å². The van der Waals surface area contributed by atoms with Crippen LogP contribution in [0.25, 0.3) is 0 Å². The van der Waals surface area contributed by atoms with Crippen molar-refractivity contribution in [3.05, 3.63) is 65.5 Å². The third kappa shape index (κ3) is 6.32. The summed E-state index contributed by atoms with van der Waals surface area (Å²) >= 11 is 0. The average molecular weight is 471 g/mol. The topological polar surface area (TPSA) is 83.5 Å². The van der Waals surface area contributed by atoms with E-state index in [9.17, 15) is 14.0 Å². The van der Waals surface area contributed by atoms with Crippen LogP contribution in [0.15, 0.2) is 53.6 Å². The van der Waals surface area contributed by atoms with Gasteiger partial charge >= 0.3 is 6.03 Å². The maximum Gasteiger partial charge on any atom is 0.317 e. The second kappa shape index (κ2) is 12.1. The molecule has 1 heterocycles. The molecule has 8 nitrogen and oxygen atoms in total. The largest absolute Gasteiger partial charge is 0.497 e. The van der Waals surface area contributed by atoms with E-state index in [-0.39, 0.29) is 30.8 Å². The smallest absolute Gasteiger partial charge is 0.317 e. The standard InChI is InChI=1S/C25H31FN4O4/c1-4-13-27-25(32)29(14-15-33-2)17-24(31)30-23(19-5-9-20(26)10-6-19)16-22(28-30)18-7-11-21(34-3)12-8-18/h5-12,23H,4,13-17H2,1-3H3,(H,27,32)/t23-/m1/s1. The van der Waals surface area contributed by atoms with Crippen molar-refractivity contribution in [3.8, 4) is 5.75 Å². The number of methoxy groups -OCH3 is 2. The Morgan fingerprint density at radius 1 is 1.15 bits per heavy atom. The Morgan fingerprint density at radius 3 is 2.47 bits per heavy atom. The molecule has 0 spiro atoms. The van der Waals surface area contributed by atoms with Gasteiger partial charge in [-0.25, -0.2) is 14.2 Å². The van der Waals surface area contributed by atoms with E-state index in [1.165, 1.54) is 22.0 Å². The van der Waals surface area contributed by atoms with E-state index < -0.39 is 6.04 Å². The number of hydrogen-bond acceptors (Lipinski definition) is 5. The summed E-state index contributed by atoms with van der Waals surface area (Å²) in [5, 5.41) is 8.83. The molecule has 3 amide bonds. The summed E-state index contributed by atoms with van der Waals surface area (Å²) in [7, 11) is 3.14. The van der Waals surface area contributed by atoms with Gasteiger partial charge in [-0.3, -0.25) is 4.79 Å². The maximum absolute atomic E-state index is 13.5. The molecule has 2 aromatic rings. The van der Waals surface area contributed by atoms with E-state index in [1.807, 2.05) is 31.2 Å². The highest BCUT2D eigenvalue weighted by molar-refractivity contribution is 6.03. The van der Waals surface area contributed by atoms with Crippen molar-refractivity contribution >= 4 is 17.6 Å². The summed E-state index contributed by atoms with van der Waals surface area (Å²) in [6.07, 6.45) is 1.25. The van der Waals surface area contributed by atoms with Gasteiger partial charge < -0.3 is 19.7 Å². The normalized spacial score (nSPS) is 15.1. The highest BCUT2D eigenvalue weighted by atomic mass is 19.1. The molecule has 1 N–H and O–H groups in total. The first-order valence-electron chi connectivity index (χ1n) is 11.3. The minimum atomic E-state index is -0.409. The molecule has 34 heavy (non-hydrogen) atoms. The third-order valence-corrected chi connectivity index (χ3v) is 5.55. The molecule has 0 aliphatic carbocycles. The van der Waals surface area contributed by atoms with E-state index >= 15 is 0 Å². The third-order valence-electron chi connectivity index (χ3n) is 5.55. The lowest BCUT2D eigenvalue weighted by molar-refractivity contribution is -0.133. The van der Waals surface area contributed by atoms with Crippen LogP contribution in [-0.4, -0.2) is 68.0 Å². The number of hydrogen-bond donors (Lipinski definition) is 1. The fraction of sp³-hybridized carbons (Fsp3) is 0.400. The van der Waals surface area contributed by atoms with Gasteiger partial charge in [-0.05, 0) is 53.9 Å². The van der Waals surface area contributed by atoms with Crippen LogP contribution in [0.5, 0.6) is 5.75 Å². The van der Waals surface area contributed by atoms with Crippen molar-refractivity contribution in [2.75, 3.05) is 40.5 Å². The van der Waals surface area contributed by atoms with E-state index in [1.54, 1.807) is 26.4 Å². The lowest BCUT2D eigenvalue weighted by Gasteiger charge is -2.27. The highest BCUT2D eigenvalue weighted by Crippen LogP contribution is 2.33. The Kier molecular flexibility index (Phi) is 8.98. The van der Waals surface area contributed by atoms with Crippen molar-refractivity contribution in [1.82, 2.24) is 15.2 Å². The quantitative estimate of drug-likeness (QED) is 0.575. The molecule has 3 rings (SSSR count). The van der Waals surface area contributed by atoms with Crippen LogP contribution in [0.2, 0.25) is 0 Å². The van der Waals surface area contributed by atoms with Gasteiger partial charge in [-0.1, -0.05) is 19.1 Å². The first-order valence-corrected chi connectivity index (χ1v) is 11.3. The van der Waals surface area contributed by atoms with E-state index in [4.69, 9.17) is 9.47 Å². The Balaban J connectivity index is 1.86. The van der Waals surface area contributed by atoms with Crippen LogP contribution < -0.4 is 10.1 Å². The minimum Gasteiger partial charge on any atom is -0.497 e. The number of benzene rings is 2. The molecule has 1 atom stereocenters. The Morgan fingerprint density at radius 2 is 1.85 bits per heavy atom. The lowest BCUT2D eigenvalue weighted by atomic mass is 9.98. The van der Waals surface area contributed by atoms with Crippen molar-refractivity contribution in [2.45, 2.75) is 25.8 Å². The number of urea groups is 1. The van der Waals surface area contributed by atoms with E-state index in [0.717, 1.165) is 29.0 Å². The Labute approximate surface area is 199 Å². The van der Waals surface area contributed by atoms with Crippen molar-refractivity contribution in [3.63, 3.8) is 0 Å². The molecule has 1 aliphatic heterocycles. The molecule has 0 aromatic heterocycles. The second-order valence-corrected chi connectivity index (χ2v) is 7.93. The van der Waals surface area contributed by atoms with Crippen LogP contribution in [0, 0.1) is 5.82 Å². The highest BCUT2D eigenvalue weighted by Gasteiger charge is 2.34. The summed E-state index contributed by atoms with van der Waals surface area (Å²) < 4.78 is 23.9. The Hall–Kier alpha value is -3.46. The van der Waals surface area contributed by atoms with Gasteiger partial charge in [0.05, 0.1) is 25.5 Å². The van der Waals surface area contributed by atoms with Gasteiger partial charge in [-0.15, -0.1) is 0 Å². The molecule has 1 aliphatic rings. The molecule has 0 saturated heterocycles. The molecular weight excluding hydrogens is 439 g/mol. The molecule has 9 heteroatoms. The van der Waals surface area contributed by atoms with Crippen molar-refractivity contribution in [2.24, 2.45) is 5.10 Å². The van der Waals surface area contributed by atoms with Crippen LogP contribution in [0.3, 0.4) is 0 Å². The number of halogens is 1. The van der Waals surface area contributed by atoms with Gasteiger partial charge in [0.15, 0.2) is 0 Å². The monoisotopic (exact) mass is 470 g/mol. The Bertz CT molecular complexity index is 995. The zero-order chi connectivity index (χ0) is 24.5. The number of nitrogens with one attached hydrogen (secondary N) is 1. The van der Waals surface area contributed by atoms with Gasteiger partial charge in [0.25, 0.3) is 5.91 Å². The SMILES string of the molecule is CCCNC(=O)N(CCOC)CC(=O)N1N=C(c2ccc(OC)cc2)C[C@@H]1c1ccc(F)cc1. The first kappa shape index (κ1) is 25.2. The van der Waals surface area contributed by atoms with E-state index in [0.29, 0.717) is 19.6 Å². The van der Waals surface area contributed by atoms with Gasteiger partial charge in [0, 0.05) is 26.6 Å². The number of amides is 3. The summed E-state index contributed by atoms with van der Waals surface area (Å²) in [5.41, 5.74) is 2.35. The second-order valence-electron chi connectivity index (χ2n) is 7.93. The maximum atomic E-state index is 13.5. The lowest BCUT2D eigenvalue weighted by Crippen LogP contribution is -2.47. The van der Waals surface area contributed by atoms with Crippen LogP contribution in [-0.2, 0) is 9.53 Å². The molecule has 0 fully saturated rings. The zero-order valence-electron chi connectivity index (χ0n) is 19.8. The number of rotatable bonds is 10. The van der Waals surface area contributed by atoms with Crippen molar-refractivity contribution in [1.29, 1.82) is 0 Å². The number of ether oxygens (including phenoxy) is 2. The minimum absolute atomic E-state index is 0.157. The first-order chi connectivity index (χ1) is 16.5. The summed E-state index contributed by atoms with van der Waals surface area (Å²) in [6.45, 7) is 2.88. The van der Waals surface area contributed by atoms with Crippen LogP contribution in [0.1, 0.15) is 36.9 Å². The molecule has 0 radical (unpaired) electrons. The van der Waals surface area contributed by atoms with Crippen LogP contribution in [0.4, 0.5) is 9.18 Å². The van der Waals surface area contributed by atoms with Gasteiger partial charge in [-0.2, -0.15) is 5.10 Å². The molecule has 0 saturated carbocycles. The number of hydrazone groups is 1. The summed E-state index contributed by atoms with van der Waals surface area (Å²) in [5.74, 6) is 0.0343. The predicted octanol–water partition coefficient (Wildman–Crippen LogP) is 3.58. The summed E-state index contributed by atoms with van der Waals surface area (Å²) in [4.78, 5) is 27.4. The van der Waals surface area contributed by atoms with Gasteiger partial charge in [0.2, 0.25) is 0 Å².